The molecule has 0 bridgehead atoms. The molecule has 1 aliphatic rings. The van der Waals surface area contributed by atoms with Gasteiger partial charge in [0, 0.05) is 24.8 Å². The molecule has 0 spiro atoms. The van der Waals surface area contributed by atoms with Gasteiger partial charge in [0.25, 0.3) is 5.91 Å². The first kappa shape index (κ1) is 23.8. The molecule has 2 heterocycles. The summed E-state index contributed by atoms with van der Waals surface area (Å²) in [6.07, 6.45) is 5.28. The first-order valence-corrected chi connectivity index (χ1v) is 12.0. The highest BCUT2D eigenvalue weighted by atomic mass is 16.5. The number of amides is 1. The number of nitrogens with zero attached hydrogens (tertiary/aromatic N) is 3. The molecule has 7 heteroatoms. The van der Waals surface area contributed by atoms with E-state index in [2.05, 4.69) is 17.1 Å². The number of hydrogen-bond donors (Lipinski definition) is 1. The Balaban J connectivity index is 1.56. The summed E-state index contributed by atoms with van der Waals surface area (Å²) in [4.78, 5) is 15.8. The van der Waals surface area contributed by atoms with Crippen LogP contribution in [0.3, 0.4) is 0 Å². The number of carbonyl (C=O) groups excluding carboxylic acids is 1. The van der Waals surface area contributed by atoms with Gasteiger partial charge in [0.2, 0.25) is 0 Å². The third-order valence-electron chi connectivity index (χ3n) is 6.32. The number of likely N-dealkylation sites (tertiary alicyclic amines) is 1. The van der Waals surface area contributed by atoms with Crippen molar-refractivity contribution in [1.82, 2.24) is 20.0 Å². The number of aromatic nitrogens is 2. The van der Waals surface area contributed by atoms with Gasteiger partial charge in [-0.15, -0.1) is 0 Å². The summed E-state index contributed by atoms with van der Waals surface area (Å²) < 4.78 is 12.7. The van der Waals surface area contributed by atoms with Crippen molar-refractivity contribution in [3.05, 3.63) is 60.3 Å². The molecule has 1 amide bonds. The molecule has 7 nitrogen and oxygen atoms in total. The molecule has 1 N–H and O–H groups in total. The number of methoxy groups -OCH3 is 2. The van der Waals surface area contributed by atoms with Crippen LogP contribution >= 0.6 is 0 Å². The molecule has 2 aromatic carbocycles. The summed E-state index contributed by atoms with van der Waals surface area (Å²) in [7, 11) is 3.23. The Labute approximate surface area is 201 Å². The lowest BCUT2D eigenvalue weighted by Gasteiger charge is -2.30. The van der Waals surface area contributed by atoms with Crippen LogP contribution in [0.2, 0.25) is 0 Å². The highest BCUT2D eigenvalue weighted by molar-refractivity contribution is 6.00. The number of ether oxygens (including phenoxy) is 2. The molecule has 180 valence electrons. The molecule has 3 aromatic rings. The monoisotopic (exact) mass is 462 g/mol. The maximum absolute atomic E-state index is 13.3. The van der Waals surface area contributed by atoms with Crippen molar-refractivity contribution in [1.29, 1.82) is 0 Å². The third-order valence-corrected chi connectivity index (χ3v) is 6.32. The van der Waals surface area contributed by atoms with E-state index in [1.165, 1.54) is 12.8 Å². The molecule has 1 fully saturated rings. The molecular formula is C27H34N4O3. The fourth-order valence-corrected chi connectivity index (χ4v) is 4.54. The molecule has 0 radical (unpaired) electrons. The summed E-state index contributed by atoms with van der Waals surface area (Å²) in [6.45, 7) is 6.24. The lowest BCUT2D eigenvalue weighted by atomic mass is 10.0. The Bertz CT molecular complexity index is 1100. The zero-order valence-electron chi connectivity index (χ0n) is 20.3. The van der Waals surface area contributed by atoms with Gasteiger partial charge in [-0.25, -0.2) is 4.68 Å². The number of hydrogen-bond acceptors (Lipinski definition) is 5. The molecule has 0 saturated carbocycles. The zero-order chi connectivity index (χ0) is 23.9. The van der Waals surface area contributed by atoms with Crippen LogP contribution in [0.5, 0.6) is 11.5 Å². The van der Waals surface area contributed by atoms with Crippen molar-refractivity contribution >= 4 is 5.91 Å². The van der Waals surface area contributed by atoms with Gasteiger partial charge >= 0.3 is 0 Å². The highest BCUT2D eigenvalue weighted by Crippen LogP contribution is 2.35. The normalized spacial score (nSPS) is 16.3. The maximum Gasteiger partial charge on any atom is 0.255 e. The number of benzene rings is 2. The Kier molecular flexibility index (Phi) is 7.85. The minimum Gasteiger partial charge on any atom is -0.497 e. The smallest absolute Gasteiger partial charge is 0.255 e. The maximum atomic E-state index is 13.3. The Morgan fingerprint density at radius 2 is 1.97 bits per heavy atom. The fourth-order valence-electron chi connectivity index (χ4n) is 4.54. The van der Waals surface area contributed by atoms with E-state index >= 15 is 0 Å². The average molecular weight is 463 g/mol. The van der Waals surface area contributed by atoms with Gasteiger partial charge in [0.05, 0.1) is 25.5 Å². The molecule has 1 saturated heterocycles. The number of para-hydroxylation sites is 1. The van der Waals surface area contributed by atoms with Crippen LogP contribution in [0.4, 0.5) is 0 Å². The van der Waals surface area contributed by atoms with Crippen LogP contribution in [-0.2, 0) is 0 Å². The second-order valence-electron chi connectivity index (χ2n) is 8.90. The number of nitrogens with one attached hydrogen (secondary N) is 1. The Hall–Kier alpha value is -3.32. The van der Waals surface area contributed by atoms with Crippen molar-refractivity contribution in [2.45, 2.75) is 26.2 Å². The summed E-state index contributed by atoms with van der Waals surface area (Å²) in [6, 6.07) is 15.3. The molecule has 0 aliphatic carbocycles. The van der Waals surface area contributed by atoms with Gasteiger partial charge in [0.15, 0.2) is 0 Å². The molecule has 1 aromatic heterocycles. The molecule has 4 rings (SSSR count). The summed E-state index contributed by atoms with van der Waals surface area (Å²) in [5.41, 5.74) is 2.65. The van der Waals surface area contributed by atoms with Crippen molar-refractivity contribution in [3.8, 4) is 28.4 Å². The van der Waals surface area contributed by atoms with Gasteiger partial charge in [-0.2, -0.15) is 5.10 Å². The van der Waals surface area contributed by atoms with Crippen LogP contribution in [-0.4, -0.2) is 61.0 Å². The average Bonchev–Trinajstić information content (AvgIpc) is 3.32. The molecule has 34 heavy (non-hydrogen) atoms. The van der Waals surface area contributed by atoms with Crippen molar-refractivity contribution in [2.75, 3.05) is 40.4 Å². The zero-order valence-corrected chi connectivity index (χ0v) is 20.3. The van der Waals surface area contributed by atoms with Crippen molar-refractivity contribution in [3.63, 3.8) is 0 Å². The lowest BCUT2D eigenvalue weighted by Crippen LogP contribution is -2.36. The fraction of sp³-hybridized carbons (Fsp3) is 0.407. The number of rotatable bonds is 9. The molecule has 1 aliphatic heterocycles. The van der Waals surface area contributed by atoms with Crippen LogP contribution in [0.15, 0.2) is 54.7 Å². The highest BCUT2D eigenvalue weighted by Gasteiger charge is 2.22. The van der Waals surface area contributed by atoms with Gasteiger partial charge in [-0.05, 0) is 68.6 Å². The quantitative estimate of drug-likeness (QED) is 0.477. The van der Waals surface area contributed by atoms with E-state index in [-0.39, 0.29) is 5.91 Å². The third kappa shape index (κ3) is 5.59. The minimum atomic E-state index is -0.144. The van der Waals surface area contributed by atoms with E-state index in [0.29, 0.717) is 34.9 Å². The largest absolute Gasteiger partial charge is 0.497 e. The lowest BCUT2D eigenvalue weighted by molar-refractivity contribution is 0.0950. The predicted molar refractivity (Wildman–Crippen MR) is 134 cm³/mol. The number of piperidine rings is 1. The van der Waals surface area contributed by atoms with E-state index in [1.807, 2.05) is 48.5 Å². The standard InChI is InChI=1S/C27H34N4O3/c1-20-9-7-15-30(18-20)16-8-14-28-27(32)24-19-31(21-10-5-4-6-11-21)29-26(24)23-17-22(33-2)12-13-25(23)34-3/h4-6,10-13,17,19-20H,7-9,14-16,18H2,1-3H3,(H,28,32). The van der Waals surface area contributed by atoms with Crippen LogP contribution in [0, 0.1) is 5.92 Å². The van der Waals surface area contributed by atoms with Crippen LogP contribution in [0.25, 0.3) is 16.9 Å². The van der Waals surface area contributed by atoms with E-state index < -0.39 is 0 Å². The van der Waals surface area contributed by atoms with E-state index in [0.717, 1.165) is 37.7 Å². The summed E-state index contributed by atoms with van der Waals surface area (Å²) in [5, 5.41) is 7.88. The van der Waals surface area contributed by atoms with Gasteiger partial charge in [0.1, 0.15) is 17.2 Å². The Morgan fingerprint density at radius 1 is 1.15 bits per heavy atom. The topological polar surface area (TPSA) is 68.6 Å². The van der Waals surface area contributed by atoms with Crippen molar-refractivity contribution in [2.24, 2.45) is 5.92 Å². The summed E-state index contributed by atoms with van der Waals surface area (Å²) in [5.74, 6) is 1.92. The SMILES string of the molecule is COc1ccc(OC)c(-c2nn(-c3ccccc3)cc2C(=O)NCCCN2CCCC(C)C2)c1. The van der Waals surface area contributed by atoms with E-state index in [9.17, 15) is 4.79 Å². The molecule has 1 unspecified atom stereocenters. The number of carbonyl (C=O) groups is 1. The van der Waals surface area contributed by atoms with E-state index in [1.54, 1.807) is 25.1 Å². The van der Waals surface area contributed by atoms with Crippen LogP contribution < -0.4 is 14.8 Å². The second kappa shape index (κ2) is 11.2. The first-order chi connectivity index (χ1) is 16.6. The first-order valence-electron chi connectivity index (χ1n) is 12.0. The minimum absolute atomic E-state index is 0.144. The van der Waals surface area contributed by atoms with E-state index in [4.69, 9.17) is 14.6 Å². The van der Waals surface area contributed by atoms with Crippen LogP contribution in [0.1, 0.15) is 36.5 Å². The summed E-state index contributed by atoms with van der Waals surface area (Å²) >= 11 is 0. The van der Waals surface area contributed by atoms with Crippen molar-refractivity contribution < 1.29 is 14.3 Å². The van der Waals surface area contributed by atoms with Gasteiger partial charge in [-0.1, -0.05) is 25.1 Å². The molecular weight excluding hydrogens is 428 g/mol. The second-order valence-corrected chi connectivity index (χ2v) is 8.90. The predicted octanol–water partition coefficient (Wildman–Crippen LogP) is 4.41. The Morgan fingerprint density at radius 3 is 2.71 bits per heavy atom. The van der Waals surface area contributed by atoms with Gasteiger partial charge in [-0.3, -0.25) is 4.79 Å². The molecule has 1 atom stereocenters. The van der Waals surface area contributed by atoms with Gasteiger partial charge < -0.3 is 19.7 Å².